The molecule has 0 fully saturated rings. The Labute approximate surface area is 183 Å². The van der Waals surface area contributed by atoms with E-state index in [2.05, 4.69) is 15.3 Å². The highest BCUT2D eigenvalue weighted by molar-refractivity contribution is 6.52. The molecule has 3 rings (SSSR count). The summed E-state index contributed by atoms with van der Waals surface area (Å²) in [4.78, 5) is 20.5. The third kappa shape index (κ3) is 5.39. The van der Waals surface area contributed by atoms with Gasteiger partial charge in [0.25, 0.3) is 5.91 Å². The highest BCUT2D eigenvalue weighted by Crippen LogP contribution is 2.32. The van der Waals surface area contributed by atoms with Crippen LogP contribution in [0.3, 0.4) is 0 Å². The fourth-order valence-corrected chi connectivity index (χ4v) is 3.48. The molecule has 1 aliphatic heterocycles. The monoisotopic (exact) mass is 429 g/mol. The van der Waals surface area contributed by atoms with Gasteiger partial charge in [-0.25, -0.2) is 4.99 Å². The Balaban J connectivity index is 1.46. The lowest BCUT2D eigenvalue weighted by Gasteiger charge is -2.40. The zero-order valence-corrected chi connectivity index (χ0v) is 18.5. The van der Waals surface area contributed by atoms with Crippen LogP contribution in [-0.2, 0) is 9.53 Å². The van der Waals surface area contributed by atoms with E-state index in [0.717, 1.165) is 0 Å². The molecule has 0 saturated carbocycles. The average Bonchev–Trinajstić information content (AvgIpc) is 2.76. The molecule has 0 aromatic heterocycles. The van der Waals surface area contributed by atoms with Crippen LogP contribution in [0, 0.1) is 5.92 Å². The van der Waals surface area contributed by atoms with Crippen molar-refractivity contribution >= 4 is 17.3 Å². The van der Waals surface area contributed by atoms with Crippen molar-refractivity contribution in [3.63, 3.8) is 0 Å². The van der Waals surface area contributed by atoms with Crippen molar-refractivity contribution in [1.82, 2.24) is 5.32 Å². The summed E-state index contributed by atoms with van der Waals surface area (Å²) in [6.45, 7) is 7.17. The maximum Gasteiger partial charge on any atom is 0.270 e. The number of para-hydroxylation sites is 2. The van der Waals surface area contributed by atoms with Gasteiger partial charge in [-0.05, 0) is 32.1 Å². The first-order chi connectivity index (χ1) is 14.8. The van der Waals surface area contributed by atoms with E-state index < -0.39 is 17.7 Å². The zero-order chi connectivity index (χ0) is 22.4. The van der Waals surface area contributed by atoms with Crippen molar-refractivity contribution in [2.45, 2.75) is 38.5 Å². The normalized spacial score (nSPS) is 26.0. The van der Waals surface area contributed by atoms with Crippen LogP contribution in [0.2, 0.25) is 0 Å². The average molecular weight is 430 g/mol. The first-order valence-corrected chi connectivity index (χ1v) is 10.5. The van der Waals surface area contributed by atoms with E-state index >= 15 is 0 Å². The third-order valence-corrected chi connectivity index (χ3v) is 5.60. The number of ether oxygens (including phenoxy) is 3. The van der Waals surface area contributed by atoms with Crippen molar-refractivity contribution in [2.75, 3.05) is 33.4 Å². The number of rotatable bonds is 10. The summed E-state index contributed by atoms with van der Waals surface area (Å²) in [6.07, 6.45) is 3.07. The lowest BCUT2D eigenvalue weighted by Crippen LogP contribution is -2.53. The molecular weight excluding hydrogens is 398 g/mol. The van der Waals surface area contributed by atoms with E-state index in [9.17, 15) is 9.90 Å². The van der Waals surface area contributed by atoms with Crippen LogP contribution in [0.4, 0.5) is 0 Å². The molecule has 1 heterocycles. The molecule has 4 unspecified atom stereocenters. The number of carbonyl (C=O) groups excluding carboxylic acids is 1. The molecule has 168 valence electrons. The van der Waals surface area contributed by atoms with Crippen LogP contribution in [0.15, 0.2) is 46.4 Å². The van der Waals surface area contributed by atoms with E-state index in [1.807, 2.05) is 50.3 Å². The van der Waals surface area contributed by atoms with Crippen molar-refractivity contribution < 1.29 is 24.1 Å². The molecule has 0 saturated heterocycles. The molecule has 0 bridgehead atoms. The van der Waals surface area contributed by atoms with E-state index in [4.69, 9.17) is 14.2 Å². The molecule has 0 radical (unpaired) electrons. The number of nitrogens with zero attached hydrogens (tertiary/aromatic N) is 2. The molecular formula is C23H31N3O5. The Kier molecular flexibility index (Phi) is 7.59. The van der Waals surface area contributed by atoms with Gasteiger partial charge in [0.05, 0.1) is 31.2 Å². The number of aliphatic hydroxyl groups excluding tert-OH is 1. The number of hydrogen-bond acceptors (Lipinski definition) is 7. The summed E-state index contributed by atoms with van der Waals surface area (Å²) >= 11 is 0. The lowest BCUT2D eigenvalue weighted by molar-refractivity contribution is -0.118. The van der Waals surface area contributed by atoms with Gasteiger partial charge in [0.15, 0.2) is 11.5 Å². The minimum atomic E-state index is -0.753. The third-order valence-electron chi connectivity index (χ3n) is 5.60. The molecule has 1 aromatic rings. The van der Waals surface area contributed by atoms with Gasteiger partial charge in [0.1, 0.15) is 18.2 Å². The Bertz CT molecular complexity index is 882. The van der Waals surface area contributed by atoms with Crippen LogP contribution in [0.5, 0.6) is 11.5 Å². The molecule has 4 atom stereocenters. The molecule has 31 heavy (non-hydrogen) atoms. The van der Waals surface area contributed by atoms with Crippen molar-refractivity contribution in [1.29, 1.82) is 0 Å². The fourth-order valence-electron chi connectivity index (χ4n) is 3.48. The number of carbonyl (C=O) groups is 1. The molecule has 0 spiro atoms. The predicted octanol–water partition coefficient (Wildman–Crippen LogP) is 1.82. The fraction of sp³-hybridized carbons (Fsp3) is 0.522. The van der Waals surface area contributed by atoms with Gasteiger partial charge in [-0.15, -0.1) is 0 Å². The number of amides is 1. The maximum atomic E-state index is 11.9. The standard InChI is InChI=1S/C23H31N3O5/c1-15-9-10-18-21(25-16(2)22(28)26-18)23(15,3)31-14-17(27)13-24-11-12-30-20-8-6-5-7-19(20)29-4/h5-10,15-17,24,27H,11-14H2,1-4H3. The highest BCUT2D eigenvalue weighted by Gasteiger charge is 2.43. The minimum Gasteiger partial charge on any atom is -0.493 e. The summed E-state index contributed by atoms with van der Waals surface area (Å²) in [6, 6.07) is 6.94. The van der Waals surface area contributed by atoms with E-state index in [1.54, 1.807) is 14.0 Å². The number of benzene rings is 1. The van der Waals surface area contributed by atoms with Gasteiger partial charge < -0.3 is 24.6 Å². The quantitative estimate of drug-likeness (QED) is 0.550. The zero-order valence-electron chi connectivity index (χ0n) is 18.5. The van der Waals surface area contributed by atoms with Crippen LogP contribution < -0.4 is 14.8 Å². The van der Waals surface area contributed by atoms with Gasteiger partial charge in [-0.1, -0.05) is 25.1 Å². The van der Waals surface area contributed by atoms with Gasteiger partial charge >= 0.3 is 0 Å². The summed E-state index contributed by atoms with van der Waals surface area (Å²) < 4.78 is 17.1. The van der Waals surface area contributed by atoms with Crippen LogP contribution in [-0.4, -0.2) is 73.6 Å². The topological polar surface area (TPSA) is 102 Å². The first kappa shape index (κ1) is 23.1. The Morgan fingerprint density at radius 2 is 2.00 bits per heavy atom. The largest absolute Gasteiger partial charge is 0.493 e. The molecule has 8 heteroatoms. The second-order valence-electron chi connectivity index (χ2n) is 7.91. The van der Waals surface area contributed by atoms with Crippen molar-refractivity contribution in [2.24, 2.45) is 15.9 Å². The Hall–Kier alpha value is -2.55. The van der Waals surface area contributed by atoms with E-state index in [1.165, 1.54) is 0 Å². The molecule has 1 amide bonds. The van der Waals surface area contributed by atoms with Crippen molar-refractivity contribution in [3.05, 3.63) is 36.4 Å². The predicted molar refractivity (Wildman–Crippen MR) is 119 cm³/mol. The number of fused-ring (bicyclic) bond motifs is 1. The number of methoxy groups -OCH3 is 1. The van der Waals surface area contributed by atoms with E-state index in [0.29, 0.717) is 42.6 Å². The summed E-state index contributed by atoms with van der Waals surface area (Å²) in [7, 11) is 1.60. The van der Waals surface area contributed by atoms with Crippen LogP contribution in [0.1, 0.15) is 20.8 Å². The Morgan fingerprint density at radius 3 is 2.74 bits per heavy atom. The Morgan fingerprint density at radius 1 is 1.26 bits per heavy atom. The summed E-state index contributed by atoms with van der Waals surface area (Å²) in [5.74, 6) is 1.14. The van der Waals surface area contributed by atoms with E-state index in [-0.39, 0.29) is 18.4 Å². The molecule has 1 aromatic carbocycles. The molecule has 1 aliphatic carbocycles. The second kappa shape index (κ2) is 10.2. The SMILES string of the molecule is COc1ccccc1OCCNCC(O)COC1(C)C2=NC(C)C(=O)N=C2C=CC1C. The maximum absolute atomic E-state index is 11.9. The smallest absolute Gasteiger partial charge is 0.270 e. The summed E-state index contributed by atoms with van der Waals surface area (Å²) in [5.41, 5.74) is 0.459. The number of aliphatic hydroxyl groups is 1. The number of hydrogen-bond donors (Lipinski definition) is 2. The minimum absolute atomic E-state index is 0.0278. The van der Waals surface area contributed by atoms with Crippen molar-refractivity contribution in [3.8, 4) is 11.5 Å². The van der Waals surface area contributed by atoms with Gasteiger partial charge in [0.2, 0.25) is 0 Å². The van der Waals surface area contributed by atoms with Crippen LogP contribution >= 0.6 is 0 Å². The summed E-state index contributed by atoms with van der Waals surface area (Å²) in [5, 5.41) is 13.5. The number of aliphatic imine (C=N–C) groups is 2. The van der Waals surface area contributed by atoms with Gasteiger partial charge in [0, 0.05) is 19.0 Å². The van der Waals surface area contributed by atoms with Gasteiger partial charge in [-0.2, -0.15) is 0 Å². The number of nitrogens with one attached hydrogen (secondary N) is 1. The lowest BCUT2D eigenvalue weighted by atomic mass is 9.78. The number of allylic oxidation sites excluding steroid dienone is 1. The molecule has 2 N–H and O–H groups in total. The molecule has 2 aliphatic rings. The van der Waals surface area contributed by atoms with Gasteiger partial charge in [-0.3, -0.25) is 9.79 Å². The second-order valence-corrected chi connectivity index (χ2v) is 7.91. The highest BCUT2D eigenvalue weighted by atomic mass is 16.5. The van der Waals surface area contributed by atoms with Crippen LogP contribution in [0.25, 0.3) is 0 Å². The first-order valence-electron chi connectivity index (χ1n) is 10.5. The molecule has 8 nitrogen and oxygen atoms in total.